The third-order valence-electron chi connectivity index (χ3n) is 2.64. The summed E-state index contributed by atoms with van der Waals surface area (Å²) in [6, 6.07) is 0. The maximum absolute atomic E-state index is 10.9. The fraction of sp³-hybridized carbons (Fsp3) is 0.625. The van der Waals surface area contributed by atoms with Crippen LogP contribution in [0.25, 0.3) is 0 Å². The van der Waals surface area contributed by atoms with E-state index in [0.29, 0.717) is 0 Å². The van der Waals surface area contributed by atoms with Gasteiger partial charge in [0.1, 0.15) is 13.2 Å². The Morgan fingerprint density at radius 1 is 0.909 bits per heavy atom. The van der Waals surface area contributed by atoms with Crippen molar-refractivity contribution in [3.63, 3.8) is 0 Å². The molecule has 6 nitrogen and oxygen atoms in total. The lowest BCUT2D eigenvalue weighted by atomic mass is 10.2. The lowest BCUT2D eigenvalue weighted by Gasteiger charge is -2.18. The highest BCUT2D eigenvalue weighted by Gasteiger charge is 2.10. The summed E-state index contributed by atoms with van der Waals surface area (Å²) in [6.45, 7) is 9.49. The summed E-state index contributed by atoms with van der Waals surface area (Å²) in [6.07, 6.45) is 5.68. The number of hydrogen-bond donors (Lipinski definition) is 0. The van der Waals surface area contributed by atoms with Crippen LogP contribution in [-0.4, -0.2) is 44.7 Å². The number of carbonyl (C=O) groups excluding carboxylic acids is 2. The summed E-state index contributed by atoms with van der Waals surface area (Å²) in [5.74, 6) is -0.966. The molecule has 0 fully saturated rings. The molecule has 0 aromatic carbocycles. The summed E-state index contributed by atoms with van der Waals surface area (Å²) < 4.78 is 20.7. The van der Waals surface area contributed by atoms with Crippen LogP contribution in [0.15, 0.2) is 25.3 Å². The molecule has 0 heterocycles. The molecule has 6 heteroatoms. The van der Waals surface area contributed by atoms with Crippen molar-refractivity contribution in [1.82, 2.24) is 0 Å². The number of carbonyl (C=O) groups is 2. The van der Waals surface area contributed by atoms with Crippen LogP contribution in [0.5, 0.6) is 0 Å². The van der Waals surface area contributed by atoms with Crippen LogP contribution in [-0.2, 0) is 28.5 Å². The van der Waals surface area contributed by atoms with E-state index in [2.05, 4.69) is 20.1 Å². The summed E-state index contributed by atoms with van der Waals surface area (Å²) in [5, 5.41) is 0. The molecule has 0 atom stereocenters. The molecule has 0 unspecified atom stereocenters. The fourth-order valence-electron chi connectivity index (χ4n) is 1.54. The van der Waals surface area contributed by atoms with Crippen molar-refractivity contribution < 1.29 is 28.5 Å². The minimum Gasteiger partial charge on any atom is -0.460 e. The number of unbranched alkanes of at least 4 members (excludes halogenated alkanes) is 2. The number of hydrogen-bond acceptors (Lipinski definition) is 6. The van der Waals surface area contributed by atoms with Crippen molar-refractivity contribution in [2.75, 3.05) is 26.4 Å². The first-order valence-electron chi connectivity index (χ1n) is 7.45. The third-order valence-corrected chi connectivity index (χ3v) is 2.64. The zero-order valence-electron chi connectivity index (χ0n) is 13.3. The summed E-state index contributed by atoms with van der Waals surface area (Å²) in [7, 11) is 0. The van der Waals surface area contributed by atoms with E-state index in [9.17, 15) is 9.59 Å². The average Bonchev–Trinajstić information content (AvgIpc) is 2.54. The minimum absolute atomic E-state index is 0.143. The number of ether oxygens (including phenoxy) is 4. The molecule has 0 saturated carbocycles. The van der Waals surface area contributed by atoms with E-state index in [-0.39, 0.29) is 26.4 Å². The molecule has 0 aromatic rings. The molecule has 0 aliphatic carbocycles. The largest absolute Gasteiger partial charge is 0.460 e. The highest BCUT2D eigenvalue weighted by atomic mass is 16.7. The molecule has 0 aliphatic heterocycles. The summed E-state index contributed by atoms with van der Waals surface area (Å²) >= 11 is 0. The number of esters is 2. The Hall–Kier alpha value is -1.66. The smallest absolute Gasteiger partial charge is 0.330 e. The second-order valence-corrected chi connectivity index (χ2v) is 4.41. The molecule has 0 saturated heterocycles. The Morgan fingerprint density at radius 2 is 1.41 bits per heavy atom. The van der Waals surface area contributed by atoms with E-state index in [4.69, 9.17) is 18.9 Å². The van der Waals surface area contributed by atoms with Gasteiger partial charge in [0.15, 0.2) is 6.29 Å². The first-order valence-corrected chi connectivity index (χ1v) is 7.45. The van der Waals surface area contributed by atoms with Gasteiger partial charge in [-0.15, -0.1) is 0 Å². The van der Waals surface area contributed by atoms with Crippen LogP contribution >= 0.6 is 0 Å². The maximum atomic E-state index is 10.9. The predicted molar refractivity (Wildman–Crippen MR) is 82.1 cm³/mol. The monoisotopic (exact) mass is 314 g/mol. The maximum Gasteiger partial charge on any atom is 0.330 e. The lowest BCUT2D eigenvalue weighted by molar-refractivity contribution is -0.168. The number of rotatable bonds is 14. The van der Waals surface area contributed by atoms with Gasteiger partial charge in [0.25, 0.3) is 0 Å². The zero-order valence-corrected chi connectivity index (χ0v) is 13.3. The lowest BCUT2D eigenvalue weighted by Crippen LogP contribution is -2.23. The van der Waals surface area contributed by atoms with Crippen molar-refractivity contribution in [2.45, 2.75) is 38.9 Å². The molecule has 0 radical (unpaired) electrons. The van der Waals surface area contributed by atoms with Gasteiger partial charge in [-0.2, -0.15) is 0 Å². The van der Waals surface area contributed by atoms with Gasteiger partial charge in [0.05, 0.1) is 13.2 Å². The molecular formula is C16H26O6. The minimum atomic E-state index is -0.483. The van der Waals surface area contributed by atoms with E-state index in [0.717, 1.165) is 37.8 Å². The average molecular weight is 314 g/mol. The van der Waals surface area contributed by atoms with Crippen LogP contribution in [0.2, 0.25) is 0 Å². The van der Waals surface area contributed by atoms with Gasteiger partial charge in [-0.25, -0.2) is 9.59 Å². The van der Waals surface area contributed by atoms with Gasteiger partial charge >= 0.3 is 11.9 Å². The van der Waals surface area contributed by atoms with Gasteiger partial charge in [-0.05, 0) is 12.8 Å². The molecule has 0 spiro atoms. The van der Waals surface area contributed by atoms with Crippen LogP contribution in [0.1, 0.15) is 32.6 Å². The Bertz CT molecular complexity index is 312. The van der Waals surface area contributed by atoms with Gasteiger partial charge in [0.2, 0.25) is 0 Å². The van der Waals surface area contributed by atoms with Crippen molar-refractivity contribution in [1.29, 1.82) is 0 Å². The Kier molecular flexibility index (Phi) is 13.2. The van der Waals surface area contributed by atoms with Gasteiger partial charge in [-0.3, -0.25) is 0 Å². The first kappa shape index (κ1) is 20.3. The standard InChI is InChI=1S/C16H26O6/c1-4-7-8-9-16(21-12-10-19-14(17)5-2)22-13-11-20-15(18)6-3/h5-6,16H,2-4,7-13H2,1H3. The second-order valence-electron chi connectivity index (χ2n) is 4.41. The molecule has 0 bridgehead atoms. The first-order chi connectivity index (χ1) is 10.6. The molecule has 0 amide bonds. The molecule has 0 N–H and O–H groups in total. The topological polar surface area (TPSA) is 71.1 Å². The Morgan fingerprint density at radius 3 is 1.82 bits per heavy atom. The van der Waals surface area contributed by atoms with Crippen LogP contribution in [0, 0.1) is 0 Å². The highest BCUT2D eigenvalue weighted by Crippen LogP contribution is 2.08. The van der Waals surface area contributed by atoms with E-state index in [1.807, 2.05) is 0 Å². The fourth-order valence-corrected chi connectivity index (χ4v) is 1.54. The van der Waals surface area contributed by atoms with Crippen LogP contribution < -0.4 is 0 Å². The van der Waals surface area contributed by atoms with Gasteiger partial charge in [0, 0.05) is 12.2 Å². The quantitative estimate of drug-likeness (QED) is 0.212. The summed E-state index contributed by atoms with van der Waals surface area (Å²) in [5.41, 5.74) is 0. The van der Waals surface area contributed by atoms with Gasteiger partial charge in [-0.1, -0.05) is 32.9 Å². The zero-order chi connectivity index (χ0) is 16.6. The van der Waals surface area contributed by atoms with E-state index in [1.54, 1.807) is 0 Å². The van der Waals surface area contributed by atoms with Crippen LogP contribution in [0.3, 0.4) is 0 Å². The molecule has 22 heavy (non-hydrogen) atoms. The van der Waals surface area contributed by atoms with E-state index >= 15 is 0 Å². The molecular weight excluding hydrogens is 288 g/mol. The van der Waals surface area contributed by atoms with E-state index in [1.165, 1.54) is 0 Å². The molecule has 0 aliphatic rings. The molecule has 0 rings (SSSR count). The van der Waals surface area contributed by atoms with Crippen molar-refractivity contribution in [3.05, 3.63) is 25.3 Å². The SMILES string of the molecule is C=CC(=O)OCCOC(CCCCC)OCCOC(=O)C=C. The highest BCUT2D eigenvalue weighted by molar-refractivity contribution is 5.81. The van der Waals surface area contributed by atoms with Gasteiger partial charge < -0.3 is 18.9 Å². The summed E-state index contributed by atoms with van der Waals surface area (Å²) in [4.78, 5) is 21.8. The van der Waals surface area contributed by atoms with Crippen LogP contribution in [0.4, 0.5) is 0 Å². The third kappa shape index (κ3) is 12.1. The van der Waals surface area contributed by atoms with Crippen molar-refractivity contribution in [2.24, 2.45) is 0 Å². The van der Waals surface area contributed by atoms with Crippen molar-refractivity contribution >= 4 is 11.9 Å². The van der Waals surface area contributed by atoms with E-state index < -0.39 is 18.2 Å². The Balaban J connectivity index is 3.92. The normalized spacial score (nSPS) is 10.3. The molecule has 126 valence electrons. The molecule has 0 aromatic heterocycles. The van der Waals surface area contributed by atoms with Crippen molar-refractivity contribution in [3.8, 4) is 0 Å². The second kappa shape index (κ2) is 14.3. The predicted octanol–water partition coefficient (Wildman–Crippen LogP) is 2.38. The Labute approximate surface area is 132 Å².